The van der Waals surface area contributed by atoms with Crippen LogP contribution in [0.25, 0.3) is 0 Å². The first-order chi connectivity index (χ1) is 9.20. The topological polar surface area (TPSA) is 43.3 Å². The number of hydrogen-bond acceptors (Lipinski definition) is 3. The first-order valence-electron chi connectivity index (χ1n) is 6.60. The van der Waals surface area contributed by atoms with E-state index in [9.17, 15) is 4.79 Å². The third-order valence-electron chi connectivity index (χ3n) is 3.89. The highest BCUT2D eigenvalue weighted by atomic mass is 79.9. The molecule has 1 saturated heterocycles. The standard InChI is InChI=1S/C13H16Br2N2O2/c14-11-9-7-16-4-1-10(9)17(12(11)15)13(18)8-2-5-19-6-3-8/h8,16H,1-7H2. The van der Waals surface area contributed by atoms with Crippen molar-refractivity contribution < 1.29 is 9.53 Å². The van der Waals surface area contributed by atoms with Gasteiger partial charge in [0.05, 0.1) is 4.47 Å². The van der Waals surface area contributed by atoms with Crippen LogP contribution in [0.2, 0.25) is 0 Å². The van der Waals surface area contributed by atoms with Gasteiger partial charge in [-0.05, 0) is 44.7 Å². The highest BCUT2D eigenvalue weighted by molar-refractivity contribution is 9.13. The first-order valence-corrected chi connectivity index (χ1v) is 8.19. The van der Waals surface area contributed by atoms with E-state index in [1.807, 2.05) is 4.57 Å². The summed E-state index contributed by atoms with van der Waals surface area (Å²) in [4.78, 5) is 12.7. The van der Waals surface area contributed by atoms with Crippen molar-refractivity contribution in [1.29, 1.82) is 0 Å². The number of carbonyl (C=O) groups excluding carboxylic acids is 1. The fourth-order valence-electron chi connectivity index (χ4n) is 2.82. The van der Waals surface area contributed by atoms with Crippen LogP contribution in [0.1, 0.15) is 28.9 Å². The zero-order chi connectivity index (χ0) is 13.4. The Balaban J connectivity index is 1.97. The Morgan fingerprint density at radius 1 is 1.32 bits per heavy atom. The summed E-state index contributed by atoms with van der Waals surface area (Å²) in [7, 11) is 0. The Kier molecular flexibility index (Phi) is 4.12. The maximum Gasteiger partial charge on any atom is 0.235 e. The van der Waals surface area contributed by atoms with Crippen LogP contribution >= 0.6 is 31.9 Å². The number of halogens is 2. The second kappa shape index (κ2) is 5.68. The minimum atomic E-state index is 0.0864. The van der Waals surface area contributed by atoms with E-state index < -0.39 is 0 Å². The lowest BCUT2D eigenvalue weighted by atomic mass is 9.99. The van der Waals surface area contributed by atoms with Crippen LogP contribution in [0.4, 0.5) is 0 Å². The average Bonchev–Trinajstić information content (AvgIpc) is 2.72. The molecule has 1 aromatic rings. The molecule has 4 nitrogen and oxygen atoms in total. The molecule has 1 fully saturated rings. The molecule has 2 aliphatic heterocycles. The fourth-order valence-corrected chi connectivity index (χ4v) is 4.00. The maximum atomic E-state index is 12.7. The molecule has 0 unspecified atom stereocenters. The van der Waals surface area contributed by atoms with E-state index in [0.29, 0.717) is 13.2 Å². The first kappa shape index (κ1) is 13.8. The molecule has 0 spiro atoms. The van der Waals surface area contributed by atoms with Crippen molar-refractivity contribution in [3.8, 4) is 0 Å². The van der Waals surface area contributed by atoms with Crippen molar-refractivity contribution in [3.05, 3.63) is 20.3 Å². The number of ether oxygens (including phenoxy) is 1. The van der Waals surface area contributed by atoms with Gasteiger partial charge in [0.2, 0.25) is 5.91 Å². The van der Waals surface area contributed by atoms with Gasteiger partial charge in [-0.15, -0.1) is 0 Å². The summed E-state index contributed by atoms with van der Waals surface area (Å²) in [6, 6.07) is 0. The predicted octanol–water partition coefficient (Wildman–Crippen LogP) is 2.73. The monoisotopic (exact) mass is 390 g/mol. The number of rotatable bonds is 1. The minimum absolute atomic E-state index is 0.0864. The van der Waals surface area contributed by atoms with Crippen molar-refractivity contribution in [2.75, 3.05) is 19.8 Å². The Morgan fingerprint density at radius 2 is 2.05 bits per heavy atom. The van der Waals surface area contributed by atoms with Crippen molar-refractivity contribution in [2.24, 2.45) is 5.92 Å². The molecule has 0 amide bonds. The van der Waals surface area contributed by atoms with Gasteiger partial charge < -0.3 is 10.1 Å². The van der Waals surface area contributed by atoms with E-state index in [2.05, 4.69) is 37.2 Å². The van der Waals surface area contributed by atoms with Crippen molar-refractivity contribution >= 4 is 37.8 Å². The Morgan fingerprint density at radius 3 is 2.79 bits per heavy atom. The average molecular weight is 392 g/mol. The quantitative estimate of drug-likeness (QED) is 0.800. The van der Waals surface area contributed by atoms with Gasteiger partial charge in [0, 0.05) is 49.9 Å². The highest BCUT2D eigenvalue weighted by Crippen LogP contribution is 2.35. The Labute approximate surface area is 129 Å². The van der Waals surface area contributed by atoms with Crippen LogP contribution in [0.15, 0.2) is 9.08 Å². The molecule has 6 heteroatoms. The number of hydrogen-bond donors (Lipinski definition) is 1. The minimum Gasteiger partial charge on any atom is -0.381 e. The zero-order valence-electron chi connectivity index (χ0n) is 10.5. The Bertz CT molecular complexity index is 507. The predicted molar refractivity (Wildman–Crippen MR) is 79.4 cm³/mol. The maximum absolute atomic E-state index is 12.7. The summed E-state index contributed by atoms with van der Waals surface area (Å²) in [5.41, 5.74) is 2.35. The second-order valence-electron chi connectivity index (χ2n) is 5.02. The van der Waals surface area contributed by atoms with Crippen LogP contribution in [0, 0.1) is 5.92 Å². The van der Waals surface area contributed by atoms with Crippen molar-refractivity contribution in [1.82, 2.24) is 9.88 Å². The molecule has 3 rings (SSSR count). The van der Waals surface area contributed by atoms with Crippen LogP contribution in [0.5, 0.6) is 0 Å². The number of aromatic nitrogens is 1. The molecule has 0 bridgehead atoms. The van der Waals surface area contributed by atoms with Gasteiger partial charge in [-0.1, -0.05) is 0 Å². The van der Waals surface area contributed by atoms with Gasteiger partial charge in [0.1, 0.15) is 4.60 Å². The van der Waals surface area contributed by atoms with E-state index >= 15 is 0 Å². The highest BCUT2D eigenvalue weighted by Gasteiger charge is 2.30. The summed E-state index contributed by atoms with van der Waals surface area (Å²) in [6.07, 6.45) is 2.55. The van der Waals surface area contributed by atoms with Crippen molar-refractivity contribution in [2.45, 2.75) is 25.8 Å². The zero-order valence-corrected chi connectivity index (χ0v) is 13.7. The van der Waals surface area contributed by atoms with Gasteiger partial charge >= 0.3 is 0 Å². The third-order valence-corrected chi connectivity index (χ3v) is 6.03. The molecule has 19 heavy (non-hydrogen) atoms. The molecule has 0 aliphatic carbocycles. The molecule has 2 aliphatic rings. The van der Waals surface area contributed by atoms with Gasteiger partial charge in [-0.2, -0.15) is 0 Å². The molecule has 104 valence electrons. The molecule has 0 atom stereocenters. The lowest BCUT2D eigenvalue weighted by Crippen LogP contribution is -2.31. The summed E-state index contributed by atoms with van der Waals surface area (Å²) in [6.45, 7) is 3.14. The van der Waals surface area contributed by atoms with E-state index in [-0.39, 0.29) is 11.8 Å². The molecule has 0 saturated carbocycles. The molecule has 3 heterocycles. The van der Waals surface area contributed by atoms with Gasteiger partial charge in [-0.3, -0.25) is 9.36 Å². The molecular weight excluding hydrogens is 376 g/mol. The smallest absolute Gasteiger partial charge is 0.235 e. The van der Waals surface area contributed by atoms with Gasteiger partial charge in [0.15, 0.2) is 0 Å². The molecule has 1 N–H and O–H groups in total. The molecule has 0 radical (unpaired) electrons. The number of fused-ring (bicyclic) bond motifs is 1. The largest absolute Gasteiger partial charge is 0.381 e. The third kappa shape index (κ3) is 2.44. The van der Waals surface area contributed by atoms with Crippen molar-refractivity contribution in [3.63, 3.8) is 0 Å². The summed E-state index contributed by atoms with van der Waals surface area (Å²) in [5.74, 6) is 0.294. The number of nitrogens with one attached hydrogen (secondary N) is 1. The normalized spacial score (nSPS) is 20.3. The summed E-state index contributed by atoms with van der Waals surface area (Å²) in [5, 5.41) is 3.35. The lowest BCUT2D eigenvalue weighted by molar-refractivity contribution is 0.0482. The number of nitrogens with zero attached hydrogens (tertiary/aromatic N) is 1. The van der Waals surface area contributed by atoms with E-state index in [1.54, 1.807) is 0 Å². The van der Waals surface area contributed by atoms with Gasteiger partial charge in [-0.25, -0.2) is 0 Å². The molecular formula is C13H16Br2N2O2. The lowest BCUT2D eigenvalue weighted by Gasteiger charge is -2.23. The summed E-state index contributed by atoms with van der Waals surface area (Å²) < 4.78 is 9.08. The van der Waals surface area contributed by atoms with Crippen LogP contribution < -0.4 is 5.32 Å². The second-order valence-corrected chi connectivity index (χ2v) is 6.56. The molecule has 0 aromatic carbocycles. The van der Waals surface area contributed by atoms with Crippen LogP contribution in [0.3, 0.4) is 0 Å². The van der Waals surface area contributed by atoms with E-state index in [0.717, 1.165) is 47.1 Å². The van der Waals surface area contributed by atoms with Crippen LogP contribution in [-0.2, 0) is 17.7 Å². The number of carbonyl (C=O) groups is 1. The van der Waals surface area contributed by atoms with Crippen LogP contribution in [-0.4, -0.2) is 30.2 Å². The molecule has 1 aromatic heterocycles. The van der Waals surface area contributed by atoms with E-state index in [1.165, 1.54) is 5.56 Å². The SMILES string of the molecule is O=C(C1CCOCC1)n1c(Br)c(Br)c2c1CCNC2. The van der Waals surface area contributed by atoms with Gasteiger partial charge in [0.25, 0.3) is 0 Å². The fraction of sp³-hybridized carbons (Fsp3) is 0.615. The van der Waals surface area contributed by atoms with E-state index in [4.69, 9.17) is 4.74 Å². The Hall–Kier alpha value is -0.170. The summed E-state index contributed by atoms with van der Waals surface area (Å²) >= 11 is 7.16.